The predicted octanol–water partition coefficient (Wildman–Crippen LogP) is 2.05. The maximum atomic E-state index is 11.3. The van der Waals surface area contributed by atoms with Gasteiger partial charge in [-0.3, -0.25) is 4.79 Å². The van der Waals surface area contributed by atoms with Gasteiger partial charge in [0.2, 0.25) is 5.91 Å². The Morgan fingerprint density at radius 2 is 2.00 bits per heavy atom. The molecule has 1 rings (SSSR count). The van der Waals surface area contributed by atoms with Crippen LogP contribution in [0.15, 0.2) is 24.3 Å². The van der Waals surface area contributed by atoms with E-state index in [0.29, 0.717) is 11.9 Å². The molecule has 0 atom stereocenters. The number of carbonyl (C=O) groups excluding carboxylic acids is 1. The Morgan fingerprint density at radius 1 is 1.40 bits per heavy atom. The van der Waals surface area contributed by atoms with Crippen LogP contribution in [0.4, 0.5) is 0 Å². The first kappa shape index (κ1) is 12.0. The molecule has 15 heavy (non-hydrogen) atoms. The van der Waals surface area contributed by atoms with E-state index in [1.807, 2.05) is 24.3 Å². The summed E-state index contributed by atoms with van der Waals surface area (Å²) in [5, 5.41) is 0.361. The maximum absolute atomic E-state index is 11.3. The highest BCUT2D eigenvalue weighted by molar-refractivity contribution is 9.09. The molecule has 0 radical (unpaired) electrons. The molecule has 0 aliphatic carbocycles. The quantitative estimate of drug-likeness (QED) is 0.785. The number of hydrogen-bond donors (Lipinski definition) is 0. The predicted molar refractivity (Wildman–Crippen MR) is 63.3 cm³/mol. The van der Waals surface area contributed by atoms with Crippen molar-refractivity contribution < 1.29 is 9.53 Å². The molecular weight excluding hydrogens is 258 g/mol. The second-order valence-electron chi connectivity index (χ2n) is 3.23. The van der Waals surface area contributed by atoms with Gasteiger partial charge in [0, 0.05) is 13.6 Å². The lowest BCUT2D eigenvalue weighted by Gasteiger charge is -2.15. The molecule has 0 bridgehead atoms. The molecule has 0 spiro atoms. The van der Waals surface area contributed by atoms with E-state index in [0.717, 1.165) is 11.3 Å². The van der Waals surface area contributed by atoms with E-state index in [-0.39, 0.29) is 5.91 Å². The molecule has 0 saturated heterocycles. The van der Waals surface area contributed by atoms with Gasteiger partial charge < -0.3 is 9.64 Å². The number of benzene rings is 1. The zero-order valence-electron chi connectivity index (χ0n) is 8.87. The summed E-state index contributed by atoms with van der Waals surface area (Å²) in [4.78, 5) is 13.0. The van der Waals surface area contributed by atoms with E-state index in [9.17, 15) is 4.79 Å². The fraction of sp³-hybridized carbons (Fsp3) is 0.364. The van der Waals surface area contributed by atoms with Crippen molar-refractivity contribution in [3.8, 4) is 5.75 Å². The highest BCUT2D eigenvalue weighted by atomic mass is 79.9. The van der Waals surface area contributed by atoms with Crippen LogP contribution in [0.5, 0.6) is 5.75 Å². The second kappa shape index (κ2) is 5.75. The fourth-order valence-electron chi connectivity index (χ4n) is 1.20. The van der Waals surface area contributed by atoms with E-state index in [1.54, 1.807) is 19.1 Å². The van der Waals surface area contributed by atoms with Gasteiger partial charge >= 0.3 is 0 Å². The molecule has 0 saturated carbocycles. The van der Waals surface area contributed by atoms with Gasteiger partial charge in [-0.25, -0.2) is 0 Å². The van der Waals surface area contributed by atoms with Gasteiger partial charge in [-0.1, -0.05) is 28.1 Å². The average molecular weight is 272 g/mol. The van der Waals surface area contributed by atoms with Crippen LogP contribution in [-0.2, 0) is 11.3 Å². The first-order valence-corrected chi connectivity index (χ1v) is 5.72. The van der Waals surface area contributed by atoms with Gasteiger partial charge in [0.1, 0.15) is 5.75 Å². The minimum atomic E-state index is 0.0748. The third-order valence-electron chi connectivity index (χ3n) is 2.12. The van der Waals surface area contributed by atoms with Gasteiger partial charge in [0.05, 0.1) is 12.4 Å². The summed E-state index contributed by atoms with van der Waals surface area (Å²) >= 11 is 3.14. The molecule has 0 unspecified atom stereocenters. The summed E-state index contributed by atoms with van der Waals surface area (Å²) in [6.45, 7) is 0.619. The molecule has 1 aromatic rings. The monoisotopic (exact) mass is 271 g/mol. The first-order valence-electron chi connectivity index (χ1n) is 4.60. The maximum Gasteiger partial charge on any atom is 0.233 e. The van der Waals surface area contributed by atoms with Crippen LogP contribution in [0, 0.1) is 0 Å². The number of amides is 1. The van der Waals surface area contributed by atoms with Crippen LogP contribution in [0.2, 0.25) is 0 Å². The lowest BCUT2D eigenvalue weighted by molar-refractivity contribution is -0.127. The average Bonchev–Trinajstić information content (AvgIpc) is 2.29. The number of carbonyl (C=O) groups is 1. The third kappa shape index (κ3) is 3.55. The van der Waals surface area contributed by atoms with Gasteiger partial charge in [0.25, 0.3) is 0 Å². The highest BCUT2D eigenvalue weighted by Crippen LogP contribution is 2.12. The van der Waals surface area contributed by atoms with Crippen LogP contribution >= 0.6 is 15.9 Å². The van der Waals surface area contributed by atoms with Crippen molar-refractivity contribution in [3.63, 3.8) is 0 Å². The van der Waals surface area contributed by atoms with E-state index < -0.39 is 0 Å². The van der Waals surface area contributed by atoms with Crippen LogP contribution in [0.3, 0.4) is 0 Å². The Labute approximate surface area is 98.2 Å². The molecule has 0 heterocycles. The van der Waals surface area contributed by atoms with Gasteiger partial charge in [-0.05, 0) is 17.7 Å². The molecule has 1 aromatic carbocycles. The van der Waals surface area contributed by atoms with E-state index in [1.165, 1.54) is 0 Å². The molecule has 1 amide bonds. The Hall–Kier alpha value is -1.03. The summed E-state index contributed by atoms with van der Waals surface area (Å²) in [6.07, 6.45) is 0. The molecule has 0 N–H and O–H groups in total. The minimum Gasteiger partial charge on any atom is -0.497 e. The van der Waals surface area contributed by atoms with Crippen LogP contribution in [0.1, 0.15) is 5.56 Å². The standard InChI is InChI=1S/C11H14BrNO2/c1-13(11(14)7-12)8-9-3-5-10(15-2)6-4-9/h3-6H,7-8H2,1-2H3. The molecule has 0 fully saturated rings. The van der Waals surface area contributed by atoms with Crippen molar-refractivity contribution in [2.45, 2.75) is 6.54 Å². The van der Waals surface area contributed by atoms with Crippen molar-refractivity contribution >= 4 is 21.8 Å². The lowest BCUT2D eigenvalue weighted by Crippen LogP contribution is -2.26. The first-order chi connectivity index (χ1) is 7.17. The largest absolute Gasteiger partial charge is 0.497 e. The topological polar surface area (TPSA) is 29.5 Å². The summed E-state index contributed by atoms with van der Waals surface area (Å²) in [7, 11) is 3.42. The molecule has 0 aliphatic heterocycles. The Bertz CT molecular complexity index is 324. The highest BCUT2D eigenvalue weighted by Gasteiger charge is 2.06. The van der Waals surface area contributed by atoms with E-state index in [2.05, 4.69) is 15.9 Å². The van der Waals surface area contributed by atoms with Gasteiger partial charge in [-0.2, -0.15) is 0 Å². The normalized spacial score (nSPS) is 9.80. The number of halogens is 1. The summed E-state index contributed by atoms with van der Waals surface area (Å²) < 4.78 is 5.05. The Balaban J connectivity index is 2.60. The van der Waals surface area contributed by atoms with Crippen LogP contribution < -0.4 is 4.74 Å². The minimum absolute atomic E-state index is 0.0748. The van der Waals surface area contributed by atoms with Gasteiger partial charge in [-0.15, -0.1) is 0 Å². The molecule has 0 aromatic heterocycles. The number of methoxy groups -OCH3 is 1. The number of ether oxygens (including phenoxy) is 1. The fourth-order valence-corrected chi connectivity index (χ4v) is 1.62. The van der Waals surface area contributed by atoms with E-state index in [4.69, 9.17) is 4.74 Å². The molecular formula is C11H14BrNO2. The number of nitrogens with zero attached hydrogens (tertiary/aromatic N) is 1. The molecule has 0 aliphatic rings. The summed E-state index contributed by atoms with van der Waals surface area (Å²) in [5.41, 5.74) is 1.09. The number of hydrogen-bond acceptors (Lipinski definition) is 2. The lowest BCUT2D eigenvalue weighted by atomic mass is 10.2. The molecule has 4 heteroatoms. The van der Waals surface area contributed by atoms with Crippen molar-refractivity contribution in [1.82, 2.24) is 4.90 Å². The summed E-state index contributed by atoms with van der Waals surface area (Å²) in [5.74, 6) is 0.902. The zero-order chi connectivity index (χ0) is 11.3. The van der Waals surface area contributed by atoms with Crippen molar-refractivity contribution in [2.75, 3.05) is 19.5 Å². The summed E-state index contributed by atoms with van der Waals surface area (Å²) in [6, 6.07) is 7.69. The van der Waals surface area contributed by atoms with Gasteiger partial charge in [0.15, 0.2) is 0 Å². The Kier molecular flexibility index (Phi) is 4.62. The number of rotatable bonds is 4. The van der Waals surface area contributed by atoms with Crippen molar-refractivity contribution in [2.24, 2.45) is 0 Å². The van der Waals surface area contributed by atoms with E-state index >= 15 is 0 Å². The number of alkyl halides is 1. The molecule has 3 nitrogen and oxygen atoms in total. The Morgan fingerprint density at radius 3 is 2.47 bits per heavy atom. The van der Waals surface area contributed by atoms with Crippen molar-refractivity contribution in [1.29, 1.82) is 0 Å². The SMILES string of the molecule is COc1ccc(CN(C)C(=O)CBr)cc1. The van der Waals surface area contributed by atoms with Crippen LogP contribution in [0.25, 0.3) is 0 Å². The molecule has 82 valence electrons. The third-order valence-corrected chi connectivity index (χ3v) is 2.60. The zero-order valence-corrected chi connectivity index (χ0v) is 10.5. The smallest absolute Gasteiger partial charge is 0.233 e. The van der Waals surface area contributed by atoms with Crippen LogP contribution in [-0.4, -0.2) is 30.3 Å². The second-order valence-corrected chi connectivity index (χ2v) is 3.79. The van der Waals surface area contributed by atoms with Crippen molar-refractivity contribution in [3.05, 3.63) is 29.8 Å².